The number of rotatable bonds is 2. The van der Waals surface area contributed by atoms with E-state index in [-0.39, 0.29) is 0 Å². The number of hydrogen-bond donors (Lipinski definition) is 0. The monoisotopic (exact) mass is 139 g/mol. The molecule has 0 atom stereocenters. The third-order valence-corrected chi connectivity index (χ3v) is 0.490. The zero-order chi connectivity index (χ0) is 6.57. The Hall–Kier alpha value is -0.640. The number of nitrogens with zero attached hydrogens (tertiary/aromatic N) is 1. The van der Waals surface area contributed by atoms with Crippen LogP contribution in [-0.2, 0) is 9.63 Å². The Morgan fingerprint density at radius 1 is 1.88 bits per heavy atom. The maximum atomic E-state index is 11.7. The molecule has 0 N–H and O–H groups in total. The van der Waals surface area contributed by atoms with Crippen LogP contribution in [-0.4, -0.2) is 18.3 Å². The van der Waals surface area contributed by atoms with Crippen molar-refractivity contribution in [1.82, 2.24) is 0 Å². The topological polar surface area (TPSA) is 38.7 Å². The van der Waals surface area contributed by atoms with Crippen molar-refractivity contribution in [3.63, 3.8) is 0 Å². The number of hydrogen-bond acceptors (Lipinski definition) is 3. The molecular weight excluding hydrogens is 136 g/mol. The Bertz CT molecular complexity index is 124. The molecule has 0 heterocycles. The van der Waals surface area contributed by atoms with Crippen molar-refractivity contribution in [2.24, 2.45) is 5.16 Å². The lowest BCUT2D eigenvalue weighted by Gasteiger charge is -1.83. The normalized spacial score (nSPS) is 11.1. The van der Waals surface area contributed by atoms with E-state index in [0.717, 1.165) is 7.11 Å². The summed E-state index contributed by atoms with van der Waals surface area (Å²) in [6.45, 7) is 0. The molecule has 0 bridgehead atoms. The van der Waals surface area contributed by atoms with Crippen molar-refractivity contribution in [3.05, 3.63) is 0 Å². The number of oxime groups is 1. The molecule has 0 radical (unpaired) electrons. The van der Waals surface area contributed by atoms with Crippen LogP contribution >= 0.6 is 11.6 Å². The van der Waals surface area contributed by atoms with Gasteiger partial charge < -0.3 is 4.84 Å². The highest BCUT2D eigenvalue weighted by Crippen LogP contribution is 1.87. The highest BCUT2D eigenvalue weighted by atomic mass is 35.5. The summed E-state index contributed by atoms with van der Waals surface area (Å²) >= 11 is 4.58. The molecule has 46 valence electrons. The summed E-state index contributed by atoms with van der Waals surface area (Å²) in [5.74, 6) is -1.34. The van der Waals surface area contributed by atoms with Gasteiger partial charge in [-0.05, 0) is 16.8 Å². The molecule has 0 rings (SSSR count). The van der Waals surface area contributed by atoms with E-state index < -0.39 is 11.2 Å². The first-order valence-electron chi connectivity index (χ1n) is 1.65. The second-order valence-corrected chi connectivity index (χ2v) is 1.18. The van der Waals surface area contributed by atoms with Crippen LogP contribution in [0.3, 0.4) is 0 Å². The van der Waals surface area contributed by atoms with E-state index >= 15 is 0 Å². The van der Waals surface area contributed by atoms with Crippen LogP contribution in [0.4, 0.5) is 4.39 Å². The molecule has 0 aromatic heterocycles. The Kier molecular flexibility index (Phi) is 3.10. The highest BCUT2D eigenvalue weighted by molar-refractivity contribution is 6.80. The standard InChI is InChI=1S/C3H3ClFNO2/c1-8-6-3(5)2(4)7/h1H3/b6-3-. The van der Waals surface area contributed by atoms with Crippen LogP contribution in [0, 0.1) is 0 Å². The summed E-state index contributed by atoms with van der Waals surface area (Å²) in [7, 11) is 1.11. The maximum absolute atomic E-state index is 11.7. The van der Waals surface area contributed by atoms with Gasteiger partial charge in [0.15, 0.2) is 0 Å². The lowest BCUT2D eigenvalue weighted by molar-refractivity contribution is -0.107. The Labute approximate surface area is 50.1 Å². The second-order valence-electron chi connectivity index (χ2n) is 0.838. The fourth-order valence-electron chi connectivity index (χ4n) is 0.116. The van der Waals surface area contributed by atoms with Crippen molar-refractivity contribution in [2.45, 2.75) is 0 Å². The maximum Gasteiger partial charge on any atom is 0.308 e. The summed E-state index contributed by atoms with van der Waals surface area (Å²) in [5, 5.41) is 1.34. The molecule has 0 amide bonds. The van der Waals surface area contributed by atoms with E-state index in [1.807, 2.05) is 0 Å². The molecule has 0 unspecified atom stereocenters. The van der Waals surface area contributed by atoms with Crippen LogP contribution in [0.1, 0.15) is 0 Å². The minimum Gasteiger partial charge on any atom is -0.397 e. The zero-order valence-electron chi connectivity index (χ0n) is 4.02. The quantitative estimate of drug-likeness (QED) is 0.321. The minimum atomic E-state index is -1.34. The van der Waals surface area contributed by atoms with Gasteiger partial charge in [0.1, 0.15) is 7.11 Å². The molecule has 5 heteroatoms. The first-order chi connectivity index (χ1) is 3.68. The van der Waals surface area contributed by atoms with Gasteiger partial charge >= 0.3 is 11.2 Å². The molecule has 0 saturated heterocycles. The Balaban J connectivity index is 3.80. The Morgan fingerprint density at radius 2 is 2.38 bits per heavy atom. The molecule has 3 nitrogen and oxygen atoms in total. The largest absolute Gasteiger partial charge is 0.397 e. The molecule has 0 saturated carbocycles. The van der Waals surface area contributed by atoms with Gasteiger partial charge in [0.25, 0.3) is 0 Å². The summed E-state index contributed by atoms with van der Waals surface area (Å²) in [5.41, 5.74) is 0. The van der Waals surface area contributed by atoms with Gasteiger partial charge in [-0.25, -0.2) is 0 Å². The zero-order valence-corrected chi connectivity index (χ0v) is 4.78. The highest BCUT2D eigenvalue weighted by Gasteiger charge is 2.04. The van der Waals surface area contributed by atoms with Crippen molar-refractivity contribution >= 4 is 22.8 Å². The SMILES string of the molecule is CO/N=C(\F)C(=O)Cl. The minimum absolute atomic E-state index is 1.11. The summed E-state index contributed by atoms with van der Waals surface area (Å²) < 4.78 is 11.7. The number of carbonyl (C=O) groups excluding carboxylic acids is 1. The fraction of sp³-hybridized carbons (Fsp3) is 0.333. The van der Waals surface area contributed by atoms with E-state index in [0.29, 0.717) is 0 Å². The van der Waals surface area contributed by atoms with Crippen LogP contribution in [0.15, 0.2) is 5.16 Å². The first kappa shape index (κ1) is 7.36. The molecule has 0 aromatic rings. The second kappa shape index (κ2) is 3.37. The van der Waals surface area contributed by atoms with Gasteiger partial charge in [0.2, 0.25) is 0 Å². The van der Waals surface area contributed by atoms with Gasteiger partial charge in [-0.3, -0.25) is 4.79 Å². The average molecular weight is 140 g/mol. The molecule has 0 aliphatic rings. The van der Waals surface area contributed by atoms with Gasteiger partial charge in [-0.1, -0.05) is 0 Å². The van der Waals surface area contributed by atoms with E-state index in [1.165, 1.54) is 0 Å². The smallest absolute Gasteiger partial charge is 0.308 e. The van der Waals surface area contributed by atoms with Crippen molar-refractivity contribution in [2.75, 3.05) is 7.11 Å². The van der Waals surface area contributed by atoms with Gasteiger partial charge in [-0.15, -0.1) is 0 Å². The van der Waals surface area contributed by atoms with Gasteiger partial charge in [0.05, 0.1) is 0 Å². The molecule has 8 heavy (non-hydrogen) atoms. The lowest BCUT2D eigenvalue weighted by atomic mass is 10.8. The molecule has 0 spiro atoms. The van der Waals surface area contributed by atoms with Crippen LogP contribution in [0.25, 0.3) is 0 Å². The number of carbonyl (C=O) groups is 1. The lowest BCUT2D eigenvalue weighted by Crippen LogP contribution is -1.98. The van der Waals surface area contributed by atoms with E-state index in [9.17, 15) is 9.18 Å². The molecule has 0 fully saturated rings. The average Bonchev–Trinajstić information content (AvgIpc) is 1.67. The fourth-order valence-corrected chi connectivity index (χ4v) is 0.151. The van der Waals surface area contributed by atoms with Crippen LogP contribution < -0.4 is 0 Å². The predicted molar refractivity (Wildman–Crippen MR) is 26.4 cm³/mol. The van der Waals surface area contributed by atoms with Crippen molar-refractivity contribution in [3.8, 4) is 0 Å². The van der Waals surface area contributed by atoms with Crippen molar-refractivity contribution in [1.29, 1.82) is 0 Å². The third kappa shape index (κ3) is 2.52. The summed E-state index contributed by atoms with van der Waals surface area (Å²) in [6.07, 6.45) is 0. The molecule has 0 aliphatic carbocycles. The van der Waals surface area contributed by atoms with Gasteiger partial charge in [-0.2, -0.15) is 4.39 Å². The number of halogens is 2. The van der Waals surface area contributed by atoms with Gasteiger partial charge in [0, 0.05) is 0 Å². The predicted octanol–water partition coefficient (Wildman–Crippen LogP) is 0.681. The molecule has 0 aromatic carbocycles. The summed E-state index contributed by atoms with van der Waals surface area (Å²) in [4.78, 5) is 13.6. The first-order valence-corrected chi connectivity index (χ1v) is 2.02. The van der Waals surface area contributed by atoms with E-state index in [2.05, 4.69) is 21.6 Å². The van der Waals surface area contributed by atoms with Crippen LogP contribution in [0.5, 0.6) is 0 Å². The molecule has 0 aliphatic heterocycles. The Morgan fingerprint density at radius 3 is 2.50 bits per heavy atom. The molecular formula is C3H3ClFNO2. The summed E-state index contributed by atoms with van der Waals surface area (Å²) in [6, 6.07) is 0. The van der Waals surface area contributed by atoms with Crippen molar-refractivity contribution < 1.29 is 14.0 Å². The third-order valence-electron chi connectivity index (χ3n) is 0.334. The van der Waals surface area contributed by atoms with Crippen LogP contribution in [0.2, 0.25) is 0 Å². The van der Waals surface area contributed by atoms with E-state index in [1.54, 1.807) is 0 Å². The van der Waals surface area contributed by atoms with E-state index in [4.69, 9.17) is 0 Å².